The molecule has 0 aliphatic carbocycles. The Morgan fingerprint density at radius 1 is 0.622 bits per heavy atom. The summed E-state index contributed by atoms with van der Waals surface area (Å²) in [5, 5.41) is 4.79. The Labute approximate surface area is 278 Å². The zero-order valence-electron chi connectivity index (χ0n) is 24.8. The number of benzene rings is 5. The third-order valence-electron chi connectivity index (χ3n) is 8.86. The Balaban J connectivity index is 0.00000300. The average Bonchev–Trinajstić information content (AvgIpc) is 3.70. The molecule has 5 aromatic carbocycles. The van der Waals surface area contributed by atoms with E-state index in [1.807, 2.05) is 17.7 Å². The molecule has 4 heterocycles. The van der Waals surface area contributed by atoms with Crippen LogP contribution in [0.15, 0.2) is 122 Å². The molecule has 3 aliphatic rings. The van der Waals surface area contributed by atoms with Gasteiger partial charge in [0.15, 0.2) is 0 Å². The van der Waals surface area contributed by atoms with Crippen molar-refractivity contribution in [3.8, 4) is 27.9 Å². The van der Waals surface area contributed by atoms with Crippen LogP contribution >= 0.6 is 0 Å². The molecule has 1 aromatic heterocycles. The van der Waals surface area contributed by atoms with Crippen LogP contribution in [0.4, 0.5) is 22.7 Å². The fourth-order valence-electron chi connectivity index (χ4n) is 6.93. The van der Waals surface area contributed by atoms with Crippen LogP contribution < -0.4 is 25.5 Å². The molecule has 0 saturated carbocycles. The summed E-state index contributed by atoms with van der Waals surface area (Å²) in [4.78, 5) is 6.71. The van der Waals surface area contributed by atoms with Gasteiger partial charge >= 0.3 is 6.85 Å². The Hall–Kier alpha value is -4.80. The summed E-state index contributed by atoms with van der Waals surface area (Å²) >= 11 is 0. The van der Waals surface area contributed by atoms with Crippen LogP contribution in [0.1, 0.15) is 11.4 Å². The maximum Gasteiger partial charge on any atom is 0.324 e. The van der Waals surface area contributed by atoms with Gasteiger partial charge in [-0.15, -0.1) is 47.7 Å². The SMILES string of the molecule is Cc1cc(C)n(-c2[c-]c3c(cc2)-c2ccccc2B2c4ccccc4-c4ccc(N5C=CN(c6ccccc6)[CH-]5)[c-]c4N23)n1.[Pt]. The van der Waals surface area contributed by atoms with E-state index in [0.717, 1.165) is 45.4 Å². The predicted octanol–water partition coefficient (Wildman–Crippen LogP) is 6.91. The minimum Gasteiger partial charge on any atom is -0.500 e. The zero-order valence-corrected chi connectivity index (χ0v) is 27.0. The van der Waals surface area contributed by atoms with Crippen LogP contribution in [-0.2, 0) is 21.1 Å². The number of hydrogen-bond donors (Lipinski definition) is 0. The van der Waals surface area contributed by atoms with Crippen molar-refractivity contribution in [2.24, 2.45) is 0 Å². The standard InChI is InChI=1S/C38H27BN5.Pt/c1-26-22-27(2)44(40-26)30-17-19-34-32-13-7-9-15-36(32)39-35-14-8-6-12-31(35)33-18-16-29(23-37(33)43(39)38(34)24-30)42-21-20-41(25-42)28-10-4-3-5-11-28;/h3-22,25H,1-2H3;/q-3;. The largest absolute Gasteiger partial charge is 0.500 e. The van der Waals surface area contributed by atoms with E-state index in [1.165, 1.54) is 27.6 Å². The first-order valence-electron chi connectivity index (χ1n) is 14.9. The van der Waals surface area contributed by atoms with E-state index in [1.54, 1.807) is 0 Å². The van der Waals surface area contributed by atoms with Gasteiger partial charge in [0.1, 0.15) is 0 Å². The molecule has 6 aromatic rings. The van der Waals surface area contributed by atoms with Gasteiger partial charge in [-0.1, -0.05) is 100 Å². The normalized spacial score (nSPS) is 13.9. The van der Waals surface area contributed by atoms with Gasteiger partial charge in [-0.05, 0) is 50.1 Å². The van der Waals surface area contributed by atoms with Crippen molar-refractivity contribution in [1.82, 2.24) is 9.78 Å². The molecule has 45 heavy (non-hydrogen) atoms. The minimum absolute atomic E-state index is 0. The van der Waals surface area contributed by atoms with Gasteiger partial charge < -0.3 is 14.6 Å². The van der Waals surface area contributed by atoms with Crippen molar-refractivity contribution in [1.29, 1.82) is 0 Å². The second-order valence-corrected chi connectivity index (χ2v) is 11.6. The average molecular weight is 760 g/mol. The molecule has 0 spiro atoms. The van der Waals surface area contributed by atoms with Gasteiger partial charge in [0, 0.05) is 32.4 Å². The number of aromatic nitrogens is 2. The molecule has 0 unspecified atom stereocenters. The molecule has 0 amide bonds. The molecule has 5 nitrogen and oxygen atoms in total. The summed E-state index contributed by atoms with van der Waals surface area (Å²) in [6.45, 7) is 6.22. The summed E-state index contributed by atoms with van der Waals surface area (Å²) in [7, 11) is 0. The summed E-state index contributed by atoms with van der Waals surface area (Å²) in [6, 6.07) is 46.5. The Bertz CT molecular complexity index is 2120. The molecule has 220 valence electrons. The van der Waals surface area contributed by atoms with Crippen molar-refractivity contribution in [3.63, 3.8) is 0 Å². The van der Waals surface area contributed by atoms with Gasteiger partial charge in [-0.2, -0.15) is 17.2 Å². The topological polar surface area (TPSA) is 27.5 Å². The first-order valence-corrected chi connectivity index (χ1v) is 14.9. The molecule has 9 rings (SSSR count). The van der Waals surface area contributed by atoms with E-state index in [0.29, 0.717) is 0 Å². The third-order valence-corrected chi connectivity index (χ3v) is 8.86. The molecule has 0 bridgehead atoms. The first-order chi connectivity index (χ1) is 21.6. The van der Waals surface area contributed by atoms with Crippen LogP contribution in [0, 0.1) is 32.6 Å². The molecule has 0 atom stereocenters. The van der Waals surface area contributed by atoms with Crippen LogP contribution in [0.25, 0.3) is 27.9 Å². The summed E-state index contributed by atoms with van der Waals surface area (Å²) in [6.07, 6.45) is 4.17. The maximum atomic E-state index is 4.79. The van der Waals surface area contributed by atoms with Crippen molar-refractivity contribution in [2.45, 2.75) is 13.8 Å². The van der Waals surface area contributed by atoms with E-state index in [9.17, 15) is 0 Å². The van der Waals surface area contributed by atoms with Gasteiger partial charge in [0.2, 0.25) is 0 Å². The molecule has 3 aliphatic heterocycles. The molecular formula is C38H27BN5Pt-3. The van der Waals surface area contributed by atoms with Gasteiger partial charge in [0.25, 0.3) is 0 Å². The Morgan fingerprint density at radius 2 is 1.20 bits per heavy atom. The van der Waals surface area contributed by atoms with Crippen molar-refractivity contribution in [2.75, 3.05) is 14.6 Å². The van der Waals surface area contributed by atoms with E-state index < -0.39 is 0 Å². The number of anilines is 4. The molecule has 7 heteroatoms. The maximum absolute atomic E-state index is 4.79. The van der Waals surface area contributed by atoms with Gasteiger partial charge in [-0.3, -0.25) is 4.68 Å². The monoisotopic (exact) mass is 759 g/mol. The fourth-order valence-corrected chi connectivity index (χ4v) is 6.93. The van der Waals surface area contributed by atoms with Crippen LogP contribution in [-0.4, -0.2) is 16.6 Å². The van der Waals surface area contributed by atoms with Gasteiger partial charge in [0.05, 0.1) is 5.69 Å². The van der Waals surface area contributed by atoms with E-state index in [2.05, 4.69) is 156 Å². The van der Waals surface area contributed by atoms with E-state index in [-0.39, 0.29) is 27.9 Å². The number of rotatable bonds is 3. The van der Waals surface area contributed by atoms with Crippen molar-refractivity contribution < 1.29 is 21.1 Å². The number of fused-ring (bicyclic) bond motifs is 11. The summed E-state index contributed by atoms with van der Waals surface area (Å²) < 4.78 is 1.99. The second kappa shape index (κ2) is 10.7. The second-order valence-electron chi connectivity index (χ2n) is 11.6. The molecule has 0 fully saturated rings. The number of aryl methyl sites for hydroxylation is 2. The van der Waals surface area contributed by atoms with Gasteiger partial charge in [-0.25, -0.2) is 0 Å². The molecule has 0 radical (unpaired) electrons. The minimum atomic E-state index is -0.0141. The zero-order chi connectivity index (χ0) is 29.4. The quantitative estimate of drug-likeness (QED) is 0.145. The van der Waals surface area contributed by atoms with Crippen LogP contribution in [0.3, 0.4) is 0 Å². The summed E-state index contributed by atoms with van der Waals surface area (Å²) in [5.74, 6) is 0. The number of hydrogen-bond acceptors (Lipinski definition) is 4. The number of nitrogens with zero attached hydrogens (tertiary/aromatic N) is 5. The first kappa shape index (κ1) is 27.7. The molecule has 0 saturated heterocycles. The van der Waals surface area contributed by atoms with Crippen molar-refractivity contribution in [3.05, 3.63) is 152 Å². The van der Waals surface area contributed by atoms with Crippen molar-refractivity contribution >= 4 is 40.5 Å². The van der Waals surface area contributed by atoms with E-state index in [4.69, 9.17) is 5.10 Å². The smallest absolute Gasteiger partial charge is 0.324 e. The third kappa shape index (κ3) is 4.31. The van der Waals surface area contributed by atoms with E-state index >= 15 is 0 Å². The molecular weight excluding hydrogens is 732 g/mol. The molecule has 0 N–H and O–H groups in total. The Kier molecular flexibility index (Phi) is 6.58. The fraction of sp³-hybridized carbons (Fsp3) is 0.0526. The Morgan fingerprint density at radius 3 is 1.84 bits per heavy atom. The summed E-state index contributed by atoms with van der Waals surface area (Å²) in [5.41, 5.74) is 14.6. The predicted molar refractivity (Wildman–Crippen MR) is 180 cm³/mol. The number of para-hydroxylation sites is 1. The van der Waals surface area contributed by atoms with Crippen LogP contribution in [0.2, 0.25) is 0 Å². The van der Waals surface area contributed by atoms with Crippen LogP contribution in [0.5, 0.6) is 0 Å².